The van der Waals surface area contributed by atoms with Crippen molar-refractivity contribution in [1.82, 2.24) is 20.9 Å². The molecule has 8 heteroatoms. The Kier molecular flexibility index (Phi) is 5.95. The standard InChI is InChI=1S/C19H27N5O3/c1-23(2)14-7-5-13(6-8-14)19(27)24-11-10-20-16(12-24)18(26)22-15-4-3-9-21-17(15)25/h5-8,15-16,20H,3-4,9-12H2,1-2H3,(H,21,25)(H,22,26). The number of piperazine rings is 1. The molecule has 2 fully saturated rings. The highest BCUT2D eigenvalue weighted by Gasteiger charge is 2.31. The first-order valence-corrected chi connectivity index (χ1v) is 9.34. The highest BCUT2D eigenvalue weighted by Crippen LogP contribution is 2.15. The Bertz CT molecular complexity index is 704. The van der Waals surface area contributed by atoms with Gasteiger partial charge in [-0.3, -0.25) is 14.4 Å². The minimum absolute atomic E-state index is 0.0879. The van der Waals surface area contributed by atoms with E-state index in [2.05, 4.69) is 16.0 Å². The predicted molar refractivity (Wildman–Crippen MR) is 103 cm³/mol. The van der Waals surface area contributed by atoms with E-state index < -0.39 is 12.1 Å². The zero-order chi connectivity index (χ0) is 19.4. The molecule has 2 atom stereocenters. The maximum absolute atomic E-state index is 12.8. The van der Waals surface area contributed by atoms with Crippen LogP contribution in [0, 0.1) is 0 Å². The van der Waals surface area contributed by atoms with E-state index in [1.807, 2.05) is 31.1 Å². The summed E-state index contributed by atoms with van der Waals surface area (Å²) in [5.74, 6) is -0.466. The van der Waals surface area contributed by atoms with Gasteiger partial charge in [-0.15, -0.1) is 0 Å². The summed E-state index contributed by atoms with van der Waals surface area (Å²) < 4.78 is 0. The molecule has 8 nitrogen and oxygen atoms in total. The minimum atomic E-state index is -0.515. The van der Waals surface area contributed by atoms with E-state index in [9.17, 15) is 14.4 Å². The topological polar surface area (TPSA) is 93.8 Å². The number of piperidine rings is 1. The van der Waals surface area contributed by atoms with Crippen molar-refractivity contribution in [3.8, 4) is 0 Å². The molecule has 0 radical (unpaired) electrons. The van der Waals surface area contributed by atoms with Gasteiger partial charge in [0.05, 0.1) is 0 Å². The van der Waals surface area contributed by atoms with E-state index in [0.717, 1.165) is 12.1 Å². The van der Waals surface area contributed by atoms with Gasteiger partial charge in [0.25, 0.3) is 5.91 Å². The SMILES string of the molecule is CN(C)c1ccc(C(=O)N2CCNC(C(=O)NC3CCCNC3=O)C2)cc1. The Morgan fingerprint density at radius 1 is 1.19 bits per heavy atom. The smallest absolute Gasteiger partial charge is 0.253 e. The Balaban J connectivity index is 1.60. The molecule has 0 saturated carbocycles. The van der Waals surface area contributed by atoms with Crippen LogP contribution in [-0.4, -0.2) is 75.0 Å². The van der Waals surface area contributed by atoms with Crippen molar-refractivity contribution < 1.29 is 14.4 Å². The predicted octanol–water partition coefficient (Wildman–Crippen LogP) is -0.439. The van der Waals surface area contributed by atoms with Crippen LogP contribution < -0.4 is 20.9 Å². The first kappa shape index (κ1) is 19.2. The molecule has 3 amide bonds. The van der Waals surface area contributed by atoms with E-state index >= 15 is 0 Å². The molecular weight excluding hydrogens is 346 g/mol. The molecule has 2 saturated heterocycles. The summed E-state index contributed by atoms with van der Waals surface area (Å²) in [5, 5.41) is 8.70. The van der Waals surface area contributed by atoms with Gasteiger partial charge in [0.2, 0.25) is 11.8 Å². The van der Waals surface area contributed by atoms with E-state index in [1.54, 1.807) is 17.0 Å². The Labute approximate surface area is 159 Å². The maximum atomic E-state index is 12.8. The molecule has 1 aromatic rings. The average Bonchev–Trinajstić information content (AvgIpc) is 2.69. The molecule has 2 heterocycles. The average molecular weight is 373 g/mol. The van der Waals surface area contributed by atoms with Gasteiger partial charge in [-0.1, -0.05) is 0 Å². The van der Waals surface area contributed by atoms with Crippen LogP contribution in [0.1, 0.15) is 23.2 Å². The first-order chi connectivity index (χ1) is 13.0. The van der Waals surface area contributed by atoms with Crippen LogP contribution in [0.25, 0.3) is 0 Å². The lowest BCUT2D eigenvalue weighted by Crippen LogP contribution is -2.61. The minimum Gasteiger partial charge on any atom is -0.378 e. The normalized spacial score (nSPS) is 22.7. The molecule has 2 aliphatic heterocycles. The summed E-state index contributed by atoms with van der Waals surface area (Å²) in [4.78, 5) is 40.8. The fourth-order valence-corrected chi connectivity index (χ4v) is 3.38. The monoisotopic (exact) mass is 373 g/mol. The Morgan fingerprint density at radius 3 is 2.59 bits per heavy atom. The van der Waals surface area contributed by atoms with E-state index in [4.69, 9.17) is 0 Å². The molecule has 27 heavy (non-hydrogen) atoms. The largest absolute Gasteiger partial charge is 0.378 e. The van der Waals surface area contributed by atoms with Crippen LogP contribution in [0.15, 0.2) is 24.3 Å². The van der Waals surface area contributed by atoms with Crippen molar-refractivity contribution >= 4 is 23.4 Å². The second-order valence-corrected chi connectivity index (χ2v) is 7.19. The number of amides is 3. The number of carbonyl (C=O) groups is 3. The Morgan fingerprint density at radius 2 is 1.93 bits per heavy atom. The molecule has 2 aliphatic rings. The van der Waals surface area contributed by atoms with E-state index in [0.29, 0.717) is 31.6 Å². The third-order valence-electron chi connectivity index (χ3n) is 5.01. The number of benzene rings is 1. The fraction of sp³-hybridized carbons (Fsp3) is 0.526. The summed E-state index contributed by atoms with van der Waals surface area (Å²) in [7, 11) is 3.89. The van der Waals surface area contributed by atoms with Crippen molar-refractivity contribution in [2.45, 2.75) is 24.9 Å². The van der Waals surface area contributed by atoms with E-state index in [-0.39, 0.29) is 24.3 Å². The van der Waals surface area contributed by atoms with Crippen molar-refractivity contribution in [1.29, 1.82) is 0 Å². The molecule has 2 unspecified atom stereocenters. The number of carbonyl (C=O) groups excluding carboxylic acids is 3. The third-order valence-corrected chi connectivity index (χ3v) is 5.01. The van der Waals surface area contributed by atoms with Gasteiger partial charge in [0.1, 0.15) is 12.1 Å². The van der Waals surface area contributed by atoms with Crippen LogP contribution in [0.2, 0.25) is 0 Å². The van der Waals surface area contributed by atoms with Gasteiger partial charge < -0.3 is 25.8 Å². The number of hydrogen-bond acceptors (Lipinski definition) is 5. The summed E-state index contributed by atoms with van der Waals surface area (Å²) >= 11 is 0. The number of hydrogen-bond donors (Lipinski definition) is 3. The first-order valence-electron chi connectivity index (χ1n) is 9.34. The highest BCUT2D eigenvalue weighted by molar-refractivity contribution is 5.95. The van der Waals surface area contributed by atoms with Crippen molar-refractivity contribution in [2.75, 3.05) is 45.2 Å². The number of nitrogens with zero attached hydrogens (tertiary/aromatic N) is 2. The van der Waals surface area contributed by atoms with Gasteiger partial charge in [0.15, 0.2) is 0 Å². The van der Waals surface area contributed by atoms with Gasteiger partial charge >= 0.3 is 0 Å². The molecule has 146 valence electrons. The van der Waals surface area contributed by atoms with Gasteiger partial charge in [0, 0.05) is 51.5 Å². The molecular formula is C19H27N5O3. The Hall–Kier alpha value is -2.61. The summed E-state index contributed by atoms with van der Waals surface area (Å²) in [6.45, 7) is 2.02. The lowest BCUT2D eigenvalue weighted by atomic mass is 10.1. The third kappa shape index (κ3) is 4.57. The van der Waals surface area contributed by atoms with Gasteiger partial charge in [-0.05, 0) is 37.1 Å². The van der Waals surface area contributed by atoms with Crippen LogP contribution in [-0.2, 0) is 9.59 Å². The zero-order valence-corrected chi connectivity index (χ0v) is 15.8. The molecule has 3 N–H and O–H groups in total. The van der Waals surface area contributed by atoms with Crippen molar-refractivity contribution in [3.63, 3.8) is 0 Å². The summed E-state index contributed by atoms with van der Waals surface area (Å²) in [5.41, 5.74) is 1.63. The van der Waals surface area contributed by atoms with Crippen LogP contribution in [0.5, 0.6) is 0 Å². The number of anilines is 1. The van der Waals surface area contributed by atoms with Crippen molar-refractivity contribution in [2.24, 2.45) is 0 Å². The maximum Gasteiger partial charge on any atom is 0.253 e. The molecule has 1 aromatic carbocycles. The van der Waals surface area contributed by atoms with Crippen molar-refractivity contribution in [3.05, 3.63) is 29.8 Å². The quantitative estimate of drug-likeness (QED) is 0.665. The number of nitrogens with one attached hydrogen (secondary N) is 3. The van der Waals surface area contributed by atoms with Crippen LogP contribution >= 0.6 is 0 Å². The zero-order valence-electron chi connectivity index (χ0n) is 15.8. The summed E-state index contributed by atoms with van der Waals surface area (Å²) in [6.07, 6.45) is 1.49. The summed E-state index contributed by atoms with van der Waals surface area (Å²) in [6, 6.07) is 6.42. The molecule has 0 spiro atoms. The van der Waals surface area contributed by atoms with Crippen LogP contribution in [0.4, 0.5) is 5.69 Å². The molecule has 3 rings (SSSR count). The van der Waals surface area contributed by atoms with Gasteiger partial charge in [-0.2, -0.15) is 0 Å². The van der Waals surface area contributed by atoms with E-state index in [1.165, 1.54) is 0 Å². The molecule has 0 aliphatic carbocycles. The second kappa shape index (κ2) is 8.39. The number of rotatable bonds is 4. The lowest BCUT2D eigenvalue weighted by molar-refractivity contribution is -0.131. The second-order valence-electron chi connectivity index (χ2n) is 7.19. The van der Waals surface area contributed by atoms with Gasteiger partial charge in [-0.25, -0.2) is 0 Å². The fourth-order valence-electron chi connectivity index (χ4n) is 3.38. The van der Waals surface area contributed by atoms with Crippen LogP contribution in [0.3, 0.4) is 0 Å². The molecule has 0 aromatic heterocycles. The highest BCUT2D eigenvalue weighted by atomic mass is 16.2. The lowest BCUT2D eigenvalue weighted by Gasteiger charge is -2.34. The molecule has 0 bridgehead atoms.